The summed E-state index contributed by atoms with van der Waals surface area (Å²) in [6, 6.07) is 9.49. The summed E-state index contributed by atoms with van der Waals surface area (Å²) in [5.41, 5.74) is 1.70. The molecule has 0 saturated heterocycles. The number of benzene rings is 2. The Bertz CT molecular complexity index is 1190. The lowest BCUT2D eigenvalue weighted by atomic mass is 10.1. The number of hydrogen-bond donors (Lipinski definition) is 2. The number of carbonyl (C=O) groups excluding carboxylic acids is 2. The van der Waals surface area contributed by atoms with E-state index in [1.807, 2.05) is 0 Å². The number of carbonyl (C=O) groups is 2. The van der Waals surface area contributed by atoms with Crippen molar-refractivity contribution in [3.05, 3.63) is 62.6 Å². The first kappa shape index (κ1) is 21.7. The normalized spacial score (nSPS) is 10.8. The Labute approximate surface area is 181 Å². The average Bonchev–Trinajstić information content (AvgIpc) is 2.70. The maximum Gasteiger partial charge on any atom is 0.323 e. The maximum atomic E-state index is 13.0. The van der Waals surface area contributed by atoms with E-state index in [2.05, 4.69) is 31.5 Å². The minimum absolute atomic E-state index is 0.0936. The van der Waals surface area contributed by atoms with Gasteiger partial charge in [-0.15, -0.1) is 0 Å². The number of nitrogens with one attached hydrogen (secondary N) is 2. The van der Waals surface area contributed by atoms with E-state index >= 15 is 0 Å². The molecule has 0 aliphatic heterocycles. The molecule has 2 amide bonds. The molecule has 9 heteroatoms. The third kappa shape index (κ3) is 4.58. The SMILES string of the molecule is COCCn1c(C)nc2ccc(NC(=O)Nc3cccc(C(C)=O)c3)c(Br)c2c1=O. The Hall–Kier alpha value is -3.04. The minimum atomic E-state index is -0.504. The summed E-state index contributed by atoms with van der Waals surface area (Å²) in [6.07, 6.45) is 0. The Morgan fingerprint density at radius 1 is 1.20 bits per heavy atom. The first-order valence-corrected chi connectivity index (χ1v) is 9.98. The van der Waals surface area contributed by atoms with E-state index < -0.39 is 6.03 Å². The van der Waals surface area contributed by atoms with Gasteiger partial charge in [0.1, 0.15) is 5.82 Å². The molecule has 0 aliphatic rings. The number of ketones is 1. The molecule has 2 aromatic carbocycles. The van der Waals surface area contributed by atoms with Crippen molar-refractivity contribution in [3.63, 3.8) is 0 Å². The smallest absolute Gasteiger partial charge is 0.323 e. The van der Waals surface area contributed by atoms with E-state index in [9.17, 15) is 14.4 Å². The Morgan fingerprint density at radius 2 is 1.97 bits per heavy atom. The summed E-state index contributed by atoms with van der Waals surface area (Å²) in [6.45, 7) is 3.98. The Balaban J connectivity index is 1.90. The fourth-order valence-electron chi connectivity index (χ4n) is 3.02. The molecule has 8 nitrogen and oxygen atoms in total. The van der Waals surface area contributed by atoms with Crippen molar-refractivity contribution in [1.29, 1.82) is 0 Å². The number of anilines is 2. The number of aryl methyl sites for hydroxylation is 1. The summed E-state index contributed by atoms with van der Waals surface area (Å²) in [5, 5.41) is 5.78. The second-order valence-corrected chi connectivity index (χ2v) is 7.44. The van der Waals surface area contributed by atoms with Crippen LogP contribution in [0.4, 0.5) is 16.2 Å². The topological polar surface area (TPSA) is 102 Å². The van der Waals surface area contributed by atoms with Gasteiger partial charge in [0.05, 0.1) is 34.2 Å². The van der Waals surface area contributed by atoms with Gasteiger partial charge in [0.2, 0.25) is 0 Å². The zero-order chi connectivity index (χ0) is 21.8. The Kier molecular flexibility index (Phi) is 6.63. The summed E-state index contributed by atoms with van der Waals surface area (Å²) in [4.78, 5) is 41.4. The van der Waals surface area contributed by atoms with Gasteiger partial charge in [-0.2, -0.15) is 0 Å². The fraction of sp³-hybridized carbons (Fsp3) is 0.238. The highest BCUT2D eigenvalue weighted by Crippen LogP contribution is 2.29. The number of rotatable bonds is 6. The number of fused-ring (bicyclic) bond motifs is 1. The molecule has 30 heavy (non-hydrogen) atoms. The standard InChI is InChI=1S/C21H21BrN4O4/c1-12(27)14-5-4-6-15(11-14)24-21(29)25-17-8-7-16-18(19(17)22)20(28)26(9-10-30-3)13(2)23-16/h4-8,11H,9-10H2,1-3H3,(H2,24,25,29). The summed E-state index contributed by atoms with van der Waals surface area (Å²) in [7, 11) is 1.57. The van der Waals surface area contributed by atoms with E-state index in [-0.39, 0.29) is 11.3 Å². The number of nitrogens with zero attached hydrogens (tertiary/aromatic N) is 2. The first-order valence-electron chi connectivity index (χ1n) is 9.19. The number of amides is 2. The number of Topliss-reactive ketones (excluding diaryl/α,β-unsaturated/α-hetero) is 1. The van der Waals surface area contributed by atoms with Crippen LogP contribution in [-0.2, 0) is 11.3 Å². The zero-order valence-corrected chi connectivity index (χ0v) is 18.4. The lowest BCUT2D eigenvalue weighted by molar-refractivity contribution is 0.101. The molecule has 156 valence electrons. The molecule has 0 radical (unpaired) electrons. The van der Waals surface area contributed by atoms with Crippen LogP contribution in [0.25, 0.3) is 10.9 Å². The van der Waals surface area contributed by atoms with Crippen LogP contribution in [0.15, 0.2) is 45.7 Å². The highest BCUT2D eigenvalue weighted by molar-refractivity contribution is 9.10. The number of ether oxygens (including phenoxy) is 1. The van der Waals surface area contributed by atoms with Crippen molar-refractivity contribution in [2.75, 3.05) is 24.4 Å². The molecule has 0 unspecified atom stereocenters. The van der Waals surface area contributed by atoms with Crippen molar-refractivity contribution in [3.8, 4) is 0 Å². The van der Waals surface area contributed by atoms with Crippen LogP contribution in [0.1, 0.15) is 23.1 Å². The summed E-state index contributed by atoms with van der Waals surface area (Å²) < 4.78 is 7.04. The van der Waals surface area contributed by atoms with Crippen molar-refractivity contribution >= 4 is 50.0 Å². The van der Waals surface area contributed by atoms with Crippen LogP contribution in [0.2, 0.25) is 0 Å². The van der Waals surface area contributed by atoms with Crippen LogP contribution >= 0.6 is 15.9 Å². The minimum Gasteiger partial charge on any atom is -0.383 e. The fourth-order valence-corrected chi connectivity index (χ4v) is 3.63. The lowest BCUT2D eigenvalue weighted by Gasteiger charge is -2.14. The molecule has 1 heterocycles. The van der Waals surface area contributed by atoms with E-state index in [1.54, 1.807) is 50.4 Å². The van der Waals surface area contributed by atoms with Crippen molar-refractivity contribution in [2.24, 2.45) is 0 Å². The summed E-state index contributed by atoms with van der Waals surface area (Å²) >= 11 is 3.43. The molecule has 2 N–H and O–H groups in total. The lowest BCUT2D eigenvalue weighted by Crippen LogP contribution is -2.26. The van der Waals surface area contributed by atoms with Gasteiger partial charge in [-0.3, -0.25) is 14.2 Å². The molecule has 0 saturated carbocycles. The molecule has 0 spiro atoms. The summed E-state index contributed by atoms with van der Waals surface area (Å²) in [5.74, 6) is 0.490. The van der Waals surface area contributed by atoms with Crippen molar-refractivity contribution in [1.82, 2.24) is 9.55 Å². The van der Waals surface area contributed by atoms with Crippen LogP contribution in [-0.4, -0.2) is 35.1 Å². The zero-order valence-electron chi connectivity index (χ0n) is 16.8. The number of halogens is 1. The molecular weight excluding hydrogens is 452 g/mol. The van der Waals surface area contributed by atoms with Crippen LogP contribution < -0.4 is 16.2 Å². The van der Waals surface area contributed by atoms with Crippen LogP contribution in [0.5, 0.6) is 0 Å². The maximum absolute atomic E-state index is 13.0. The molecular formula is C21H21BrN4O4. The first-order chi connectivity index (χ1) is 14.3. The van der Waals surface area contributed by atoms with Gasteiger partial charge >= 0.3 is 6.03 Å². The number of hydrogen-bond acceptors (Lipinski definition) is 5. The largest absolute Gasteiger partial charge is 0.383 e. The van der Waals surface area contributed by atoms with Gasteiger partial charge in [0.15, 0.2) is 5.78 Å². The molecule has 3 rings (SSSR count). The molecule has 1 aromatic heterocycles. The Morgan fingerprint density at radius 3 is 2.67 bits per heavy atom. The second-order valence-electron chi connectivity index (χ2n) is 6.65. The van der Waals surface area contributed by atoms with Gasteiger partial charge in [0.25, 0.3) is 5.56 Å². The van der Waals surface area contributed by atoms with E-state index in [0.29, 0.717) is 51.3 Å². The van der Waals surface area contributed by atoms with Crippen molar-refractivity contribution < 1.29 is 14.3 Å². The average molecular weight is 473 g/mol. The number of urea groups is 1. The van der Waals surface area contributed by atoms with E-state index in [1.165, 1.54) is 11.5 Å². The van der Waals surface area contributed by atoms with Gasteiger partial charge in [-0.05, 0) is 54.0 Å². The van der Waals surface area contributed by atoms with E-state index in [0.717, 1.165) is 0 Å². The number of aromatic nitrogens is 2. The van der Waals surface area contributed by atoms with Crippen LogP contribution in [0.3, 0.4) is 0 Å². The van der Waals surface area contributed by atoms with Crippen LogP contribution in [0, 0.1) is 6.92 Å². The second kappa shape index (κ2) is 9.19. The molecule has 0 atom stereocenters. The molecule has 0 bridgehead atoms. The molecule has 0 aliphatic carbocycles. The van der Waals surface area contributed by atoms with Crippen molar-refractivity contribution in [2.45, 2.75) is 20.4 Å². The van der Waals surface area contributed by atoms with Gasteiger partial charge in [-0.1, -0.05) is 12.1 Å². The van der Waals surface area contributed by atoms with E-state index in [4.69, 9.17) is 4.74 Å². The third-order valence-electron chi connectivity index (χ3n) is 4.55. The van der Waals surface area contributed by atoms with Gasteiger partial charge < -0.3 is 15.4 Å². The predicted molar refractivity (Wildman–Crippen MR) is 119 cm³/mol. The quantitative estimate of drug-likeness (QED) is 0.528. The molecule has 3 aromatic rings. The molecule has 0 fully saturated rings. The van der Waals surface area contributed by atoms with Gasteiger partial charge in [0, 0.05) is 18.4 Å². The monoisotopic (exact) mass is 472 g/mol. The highest BCUT2D eigenvalue weighted by Gasteiger charge is 2.15. The third-order valence-corrected chi connectivity index (χ3v) is 5.37. The predicted octanol–water partition coefficient (Wildman–Crippen LogP) is 3.96. The highest BCUT2D eigenvalue weighted by atomic mass is 79.9. The van der Waals surface area contributed by atoms with Gasteiger partial charge in [-0.25, -0.2) is 9.78 Å². The number of methoxy groups -OCH3 is 1.